The molecular weight excluding hydrogens is 374 g/mol. The maximum atomic E-state index is 12.6. The van der Waals surface area contributed by atoms with Gasteiger partial charge in [-0.25, -0.2) is 4.98 Å². The average Bonchev–Trinajstić information content (AvgIpc) is 3.19. The van der Waals surface area contributed by atoms with Crippen molar-refractivity contribution in [2.24, 2.45) is 0 Å². The van der Waals surface area contributed by atoms with Gasteiger partial charge >= 0.3 is 0 Å². The molecule has 3 rings (SSSR count). The fourth-order valence-corrected chi connectivity index (χ4v) is 4.90. The zero-order valence-corrected chi connectivity index (χ0v) is 16.8. The van der Waals surface area contributed by atoms with Gasteiger partial charge in [-0.2, -0.15) is 0 Å². The van der Waals surface area contributed by atoms with Gasteiger partial charge in [0.2, 0.25) is 0 Å². The molecule has 1 aromatic carbocycles. The number of thiazole rings is 1. The molecule has 0 saturated carbocycles. The maximum Gasteiger partial charge on any atom is 0.278 e. The second-order valence-electron chi connectivity index (χ2n) is 6.22. The highest BCUT2D eigenvalue weighted by molar-refractivity contribution is 7.18. The molecule has 1 amide bonds. The number of likely N-dealkylation sites (N-methyl/N-ethyl adjacent to an activating group) is 2. The number of carbonyl (C=O) groups excluding carboxylic acids is 1. The lowest BCUT2D eigenvalue weighted by Crippen LogP contribution is -3.08. The summed E-state index contributed by atoms with van der Waals surface area (Å²) in [6, 6.07) is 12.0. The summed E-state index contributed by atoms with van der Waals surface area (Å²) in [6.07, 6.45) is 0. The van der Waals surface area contributed by atoms with Crippen LogP contribution in [-0.4, -0.2) is 36.4 Å². The molecule has 0 radical (unpaired) electrons. The molecule has 132 valence electrons. The van der Waals surface area contributed by atoms with Crippen molar-refractivity contribution in [3.63, 3.8) is 0 Å². The Morgan fingerprint density at radius 2 is 2.04 bits per heavy atom. The average molecular weight is 395 g/mol. The fraction of sp³-hybridized carbons (Fsp3) is 0.333. The molecule has 0 aliphatic carbocycles. The van der Waals surface area contributed by atoms with E-state index in [-0.39, 0.29) is 11.9 Å². The van der Waals surface area contributed by atoms with Gasteiger partial charge in [0.15, 0.2) is 6.54 Å². The Morgan fingerprint density at radius 1 is 1.28 bits per heavy atom. The van der Waals surface area contributed by atoms with E-state index in [4.69, 9.17) is 11.6 Å². The summed E-state index contributed by atoms with van der Waals surface area (Å²) < 4.78 is 1.94. The molecule has 2 heterocycles. The summed E-state index contributed by atoms with van der Waals surface area (Å²) in [5.74, 6) is 0.118. The lowest BCUT2D eigenvalue weighted by molar-refractivity contribution is -0.885. The molecule has 0 fully saturated rings. The van der Waals surface area contributed by atoms with E-state index in [0.717, 1.165) is 31.0 Å². The normalized spacial score (nSPS) is 13.8. The zero-order chi connectivity index (χ0) is 18.0. The second kappa shape index (κ2) is 7.83. The van der Waals surface area contributed by atoms with Crippen LogP contribution < -0.4 is 4.90 Å². The van der Waals surface area contributed by atoms with Crippen LogP contribution >= 0.6 is 34.3 Å². The van der Waals surface area contributed by atoms with E-state index < -0.39 is 0 Å². The van der Waals surface area contributed by atoms with Gasteiger partial charge in [0.05, 0.1) is 32.5 Å². The van der Waals surface area contributed by atoms with Crippen LogP contribution in [0.5, 0.6) is 0 Å². The number of para-hydroxylation sites is 1. The lowest BCUT2D eigenvalue weighted by Gasteiger charge is -2.24. The van der Waals surface area contributed by atoms with E-state index in [9.17, 15) is 4.79 Å². The number of carbonyl (C=O) groups is 1. The summed E-state index contributed by atoms with van der Waals surface area (Å²) in [7, 11) is 3.88. The Kier molecular flexibility index (Phi) is 5.74. The van der Waals surface area contributed by atoms with Crippen LogP contribution in [0.3, 0.4) is 0 Å². The van der Waals surface area contributed by atoms with E-state index in [1.165, 1.54) is 4.88 Å². The SMILES string of the molecule is C[C@@H](c1nc2ccccc2s1)N(C)C(=O)C[NH+](C)Cc1ccc(Cl)s1. The fourth-order valence-electron chi connectivity index (χ4n) is 2.64. The molecule has 25 heavy (non-hydrogen) atoms. The summed E-state index contributed by atoms with van der Waals surface area (Å²) in [5, 5.41) is 0.972. The summed E-state index contributed by atoms with van der Waals surface area (Å²) in [4.78, 5) is 21.4. The van der Waals surface area contributed by atoms with Crippen molar-refractivity contribution < 1.29 is 9.69 Å². The van der Waals surface area contributed by atoms with Crippen LogP contribution in [0.15, 0.2) is 36.4 Å². The Bertz CT molecular complexity index is 843. The van der Waals surface area contributed by atoms with Gasteiger partial charge in [0, 0.05) is 7.05 Å². The standard InChI is InChI=1S/C18H20ClN3OS2/c1-12(18-20-14-6-4-5-7-15(14)25-18)22(3)17(23)11-21(2)10-13-8-9-16(19)24-13/h4-9,12H,10-11H2,1-3H3/p+1/t12-/m0/s1. The quantitative estimate of drug-likeness (QED) is 0.696. The third-order valence-corrected chi connectivity index (χ3v) is 6.64. The van der Waals surface area contributed by atoms with Crippen LogP contribution in [0, 0.1) is 0 Å². The first-order valence-electron chi connectivity index (χ1n) is 8.10. The minimum absolute atomic E-state index is 0.0334. The van der Waals surface area contributed by atoms with Gasteiger partial charge in [0.25, 0.3) is 5.91 Å². The van der Waals surface area contributed by atoms with E-state index in [1.807, 2.05) is 51.4 Å². The number of benzene rings is 1. The number of nitrogens with zero attached hydrogens (tertiary/aromatic N) is 2. The van der Waals surface area contributed by atoms with Gasteiger partial charge in [0.1, 0.15) is 11.6 Å². The van der Waals surface area contributed by atoms with Gasteiger partial charge in [-0.1, -0.05) is 23.7 Å². The molecule has 1 unspecified atom stereocenters. The number of rotatable bonds is 6. The van der Waals surface area contributed by atoms with E-state index in [1.54, 1.807) is 27.6 Å². The third-order valence-electron chi connectivity index (χ3n) is 4.20. The number of aromatic nitrogens is 1. The molecule has 0 aliphatic rings. The molecular formula is C18H21ClN3OS2+. The van der Waals surface area contributed by atoms with Gasteiger partial charge in [-0.15, -0.1) is 22.7 Å². The van der Waals surface area contributed by atoms with Crippen LogP contribution in [0.4, 0.5) is 0 Å². The predicted molar refractivity (Wildman–Crippen MR) is 106 cm³/mol. The molecule has 3 aromatic rings. The molecule has 0 saturated heterocycles. The van der Waals surface area contributed by atoms with Gasteiger partial charge in [-0.3, -0.25) is 4.79 Å². The zero-order valence-electron chi connectivity index (χ0n) is 14.5. The van der Waals surface area contributed by atoms with Gasteiger partial charge < -0.3 is 9.80 Å². The molecule has 1 N–H and O–H groups in total. The van der Waals surface area contributed by atoms with E-state index >= 15 is 0 Å². The molecule has 7 heteroatoms. The summed E-state index contributed by atoms with van der Waals surface area (Å²) in [6.45, 7) is 3.28. The highest BCUT2D eigenvalue weighted by atomic mass is 35.5. The van der Waals surface area contributed by atoms with Crippen molar-refractivity contribution in [1.29, 1.82) is 0 Å². The number of quaternary nitrogens is 1. The first kappa shape index (κ1) is 18.3. The van der Waals surface area contributed by atoms with Gasteiger partial charge in [-0.05, 0) is 31.2 Å². The topological polar surface area (TPSA) is 37.6 Å². The molecule has 0 spiro atoms. The minimum Gasteiger partial charge on any atom is -0.332 e. The van der Waals surface area contributed by atoms with Crippen molar-refractivity contribution >= 4 is 50.4 Å². The largest absolute Gasteiger partial charge is 0.332 e. The molecule has 2 atom stereocenters. The number of fused-ring (bicyclic) bond motifs is 1. The Balaban J connectivity index is 1.62. The van der Waals surface area contributed by atoms with Crippen molar-refractivity contribution in [2.75, 3.05) is 20.6 Å². The molecule has 4 nitrogen and oxygen atoms in total. The number of halogens is 1. The van der Waals surface area contributed by atoms with Crippen LogP contribution in [0.25, 0.3) is 10.2 Å². The highest BCUT2D eigenvalue weighted by Gasteiger charge is 2.23. The molecule has 0 bridgehead atoms. The Labute approximate surface area is 160 Å². The third kappa shape index (κ3) is 4.39. The second-order valence-corrected chi connectivity index (χ2v) is 9.08. The number of nitrogens with one attached hydrogen (secondary N) is 1. The van der Waals surface area contributed by atoms with Crippen molar-refractivity contribution in [3.8, 4) is 0 Å². The smallest absolute Gasteiger partial charge is 0.278 e. The van der Waals surface area contributed by atoms with E-state index in [0.29, 0.717) is 6.54 Å². The lowest BCUT2D eigenvalue weighted by atomic mass is 10.3. The highest BCUT2D eigenvalue weighted by Crippen LogP contribution is 2.28. The first-order chi connectivity index (χ1) is 11.9. The van der Waals surface area contributed by atoms with Crippen LogP contribution in [0.1, 0.15) is 22.9 Å². The summed E-state index contributed by atoms with van der Waals surface area (Å²) >= 11 is 9.19. The van der Waals surface area contributed by atoms with Crippen molar-refractivity contribution in [1.82, 2.24) is 9.88 Å². The first-order valence-corrected chi connectivity index (χ1v) is 10.1. The Hall–Kier alpha value is -1.47. The van der Waals surface area contributed by atoms with Crippen LogP contribution in [0.2, 0.25) is 4.34 Å². The van der Waals surface area contributed by atoms with Crippen molar-refractivity contribution in [2.45, 2.75) is 19.5 Å². The Morgan fingerprint density at radius 3 is 2.72 bits per heavy atom. The molecule has 2 aromatic heterocycles. The van der Waals surface area contributed by atoms with Crippen molar-refractivity contribution in [3.05, 3.63) is 50.6 Å². The minimum atomic E-state index is -0.0334. The van der Waals surface area contributed by atoms with Crippen LogP contribution in [-0.2, 0) is 11.3 Å². The predicted octanol–water partition coefficient (Wildman–Crippen LogP) is 3.25. The number of thiophene rings is 1. The number of hydrogen-bond acceptors (Lipinski definition) is 4. The number of amides is 1. The summed E-state index contributed by atoms with van der Waals surface area (Å²) in [5.41, 5.74) is 0.993. The number of hydrogen-bond donors (Lipinski definition) is 1. The molecule has 0 aliphatic heterocycles. The monoisotopic (exact) mass is 394 g/mol. The maximum absolute atomic E-state index is 12.6. The van der Waals surface area contributed by atoms with E-state index in [2.05, 4.69) is 11.1 Å².